The number of hydrogen-bond donors (Lipinski definition) is 1. The molecule has 2 N–H and O–H groups in total. The Bertz CT molecular complexity index is 401. The Labute approximate surface area is 113 Å². The number of carbonyl (C=O) groups is 1. The number of nitrogens with two attached hydrogens (primary N) is 1. The van der Waals surface area contributed by atoms with Crippen molar-refractivity contribution in [2.75, 3.05) is 37.3 Å². The van der Waals surface area contributed by atoms with Crippen LogP contribution in [0.2, 0.25) is 0 Å². The van der Waals surface area contributed by atoms with Crippen molar-refractivity contribution >= 4 is 28.2 Å². The van der Waals surface area contributed by atoms with Crippen molar-refractivity contribution in [1.82, 2.24) is 9.88 Å². The summed E-state index contributed by atoms with van der Waals surface area (Å²) in [4.78, 5) is 20.8. The van der Waals surface area contributed by atoms with Crippen LogP contribution in [-0.2, 0) is 0 Å². The SMILES string of the molecule is CCCN(C)C(=O)c1sc(N(CC)CC)nc1N. The number of aromatic nitrogens is 1. The number of thiazole rings is 1. The Kier molecular flexibility index (Phi) is 5.40. The van der Waals surface area contributed by atoms with Crippen molar-refractivity contribution in [2.24, 2.45) is 0 Å². The topological polar surface area (TPSA) is 62.5 Å². The molecule has 0 atom stereocenters. The number of amides is 1. The van der Waals surface area contributed by atoms with Gasteiger partial charge in [-0.3, -0.25) is 4.79 Å². The lowest BCUT2D eigenvalue weighted by molar-refractivity contribution is 0.0800. The highest BCUT2D eigenvalue weighted by Crippen LogP contribution is 2.28. The van der Waals surface area contributed by atoms with Gasteiger partial charge in [-0.15, -0.1) is 0 Å². The molecule has 0 spiro atoms. The summed E-state index contributed by atoms with van der Waals surface area (Å²) in [6.45, 7) is 8.62. The van der Waals surface area contributed by atoms with Crippen LogP contribution in [0.15, 0.2) is 0 Å². The van der Waals surface area contributed by atoms with Gasteiger partial charge in [0.1, 0.15) is 10.7 Å². The highest BCUT2D eigenvalue weighted by molar-refractivity contribution is 7.18. The van der Waals surface area contributed by atoms with Crippen LogP contribution in [-0.4, -0.2) is 42.5 Å². The van der Waals surface area contributed by atoms with Gasteiger partial charge in [0.05, 0.1) is 0 Å². The zero-order valence-corrected chi connectivity index (χ0v) is 12.4. The van der Waals surface area contributed by atoms with Crippen LogP contribution in [0.5, 0.6) is 0 Å². The first-order valence-electron chi connectivity index (χ1n) is 6.31. The van der Waals surface area contributed by atoms with E-state index in [9.17, 15) is 4.79 Å². The van der Waals surface area contributed by atoms with Crippen molar-refractivity contribution in [3.8, 4) is 0 Å². The Hall–Kier alpha value is -1.30. The summed E-state index contributed by atoms with van der Waals surface area (Å²) in [7, 11) is 1.79. The second-order valence-electron chi connectivity index (χ2n) is 4.11. The van der Waals surface area contributed by atoms with Gasteiger partial charge in [0, 0.05) is 26.7 Å². The summed E-state index contributed by atoms with van der Waals surface area (Å²) >= 11 is 1.38. The lowest BCUT2D eigenvalue weighted by Crippen LogP contribution is -2.27. The quantitative estimate of drug-likeness (QED) is 0.859. The monoisotopic (exact) mass is 270 g/mol. The number of anilines is 2. The normalized spacial score (nSPS) is 10.4. The van der Waals surface area contributed by atoms with E-state index in [1.54, 1.807) is 11.9 Å². The molecule has 0 bridgehead atoms. The molecule has 5 nitrogen and oxygen atoms in total. The second kappa shape index (κ2) is 6.58. The maximum Gasteiger partial charge on any atom is 0.267 e. The molecule has 0 aliphatic heterocycles. The van der Waals surface area contributed by atoms with E-state index in [2.05, 4.69) is 23.7 Å². The van der Waals surface area contributed by atoms with Gasteiger partial charge in [0.2, 0.25) is 0 Å². The van der Waals surface area contributed by atoms with Crippen molar-refractivity contribution in [3.05, 3.63) is 4.88 Å². The molecule has 18 heavy (non-hydrogen) atoms. The van der Waals surface area contributed by atoms with Crippen LogP contribution in [0.1, 0.15) is 36.9 Å². The van der Waals surface area contributed by atoms with Crippen LogP contribution in [0.25, 0.3) is 0 Å². The van der Waals surface area contributed by atoms with Crippen LogP contribution in [0.3, 0.4) is 0 Å². The fourth-order valence-corrected chi connectivity index (χ4v) is 2.82. The summed E-state index contributed by atoms with van der Waals surface area (Å²) < 4.78 is 0. The molecule has 0 saturated heterocycles. The van der Waals surface area contributed by atoms with E-state index in [0.717, 1.165) is 31.2 Å². The molecule has 1 amide bonds. The molecule has 0 aliphatic rings. The van der Waals surface area contributed by atoms with Gasteiger partial charge in [-0.05, 0) is 20.3 Å². The first kappa shape index (κ1) is 14.8. The molecule has 1 rings (SSSR count). The lowest BCUT2D eigenvalue weighted by atomic mass is 10.4. The highest BCUT2D eigenvalue weighted by Gasteiger charge is 2.20. The summed E-state index contributed by atoms with van der Waals surface area (Å²) in [6.07, 6.45) is 0.934. The van der Waals surface area contributed by atoms with E-state index in [1.165, 1.54) is 11.3 Å². The van der Waals surface area contributed by atoms with E-state index in [-0.39, 0.29) is 5.91 Å². The minimum Gasteiger partial charge on any atom is -0.382 e. The van der Waals surface area contributed by atoms with Gasteiger partial charge in [0.15, 0.2) is 5.13 Å². The van der Waals surface area contributed by atoms with Crippen LogP contribution in [0.4, 0.5) is 10.9 Å². The van der Waals surface area contributed by atoms with Crippen molar-refractivity contribution in [1.29, 1.82) is 0 Å². The van der Waals surface area contributed by atoms with Gasteiger partial charge >= 0.3 is 0 Å². The maximum atomic E-state index is 12.2. The molecule has 6 heteroatoms. The summed E-state index contributed by atoms with van der Waals surface area (Å²) in [5.74, 6) is 0.306. The first-order valence-corrected chi connectivity index (χ1v) is 7.13. The lowest BCUT2D eigenvalue weighted by Gasteiger charge is -2.16. The van der Waals surface area contributed by atoms with Crippen LogP contribution < -0.4 is 10.6 Å². The number of carbonyl (C=O) groups excluding carboxylic acids is 1. The third-order valence-electron chi connectivity index (χ3n) is 2.78. The van der Waals surface area contributed by atoms with Crippen LogP contribution in [0, 0.1) is 0 Å². The number of nitrogens with zero attached hydrogens (tertiary/aromatic N) is 3. The van der Waals surface area contributed by atoms with Gasteiger partial charge in [-0.25, -0.2) is 4.98 Å². The summed E-state index contributed by atoms with van der Waals surface area (Å²) in [5, 5.41) is 0.825. The smallest absolute Gasteiger partial charge is 0.267 e. The van der Waals surface area contributed by atoms with Gasteiger partial charge in [-0.1, -0.05) is 18.3 Å². The molecule has 1 aromatic heterocycles. The van der Waals surface area contributed by atoms with E-state index in [1.807, 2.05) is 6.92 Å². The molecule has 0 fully saturated rings. The number of rotatable bonds is 6. The standard InChI is InChI=1S/C12H22N4OS/c1-5-8-15(4)11(17)9-10(13)14-12(18-9)16(6-2)7-3/h5-8,13H2,1-4H3. The minimum atomic E-state index is -0.0368. The number of hydrogen-bond acceptors (Lipinski definition) is 5. The first-order chi connectivity index (χ1) is 8.54. The molecule has 0 unspecified atom stereocenters. The van der Waals surface area contributed by atoms with Gasteiger partial charge in [-0.2, -0.15) is 0 Å². The zero-order chi connectivity index (χ0) is 13.7. The van der Waals surface area contributed by atoms with E-state index >= 15 is 0 Å². The molecule has 0 radical (unpaired) electrons. The molecule has 102 valence electrons. The number of nitrogen functional groups attached to an aromatic ring is 1. The van der Waals surface area contributed by atoms with Crippen molar-refractivity contribution < 1.29 is 4.79 Å². The maximum absolute atomic E-state index is 12.2. The average Bonchev–Trinajstić information content (AvgIpc) is 2.72. The second-order valence-corrected chi connectivity index (χ2v) is 5.09. The molecular formula is C12H22N4OS. The Balaban J connectivity index is 2.94. The predicted molar refractivity (Wildman–Crippen MR) is 77.3 cm³/mol. The Morgan fingerprint density at radius 2 is 1.94 bits per heavy atom. The van der Waals surface area contributed by atoms with E-state index < -0.39 is 0 Å². The Morgan fingerprint density at radius 3 is 2.44 bits per heavy atom. The van der Waals surface area contributed by atoms with E-state index in [0.29, 0.717) is 10.7 Å². The zero-order valence-electron chi connectivity index (χ0n) is 11.6. The van der Waals surface area contributed by atoms with Gasteiger partial charge < -0.3 is 15.5 Å². The average molecular weight is 270 g/mol. The largest absolute Gasteiger partial charge is 0.382 e. The predicted octanol–water partition coefficient (Wildman–Crippen LogP) is 2.05. The molecule has 1 aromatic rings. The Morgan fingerprint density at radius 1 is 1.33 bits per heavy atom. The van der Waals surface area contributed by atoms with Gasteiger partial charge in [0.25, 0.3) is 5.91 Å². The third-order valence-corrected chi connectivity index (χ3v) is 3.90. The fourth-order valence-electron chi connectivity index (χ4n) is 1.71. The summed E-state index contributed by atoms with van der Waals surface area (Å²) in [5.41, 5.74) is 5.85. The molecular weight excluding hydrogens is 248 g/mol. The minimum absolute atomic E-state index is 0.0368. The molecule has 0 saturated carbocycles. The van der Waals surface area contributed by atoms with E-state index in [4.69, 9.17) is 5.73 Å². The summed E-state index contributed by atoms with van der Waals surface area (Å²) in [6, 6.07) is 0. The molecule has 1 heterocycles. The molecule has 0 aliphatic carbocycles. The van der Waals surface area contributed by atoms with Crippen LogP contribution >= 0.6 is 11.3 Å². The highest BCUT2D eigenvalue weighted by atomic mass is 32.1. The fraction of sp³-hybridized carbons (Fsp3) is 0.667. The van der Waals surface area contributed by atoms with Crippen molar-refractivity contribution in [2.45, 2.75) is 27.2 Å². The third kappa shape index (κ3) is 3.13. The molecule has 0 aromatic carbocycles. The van der Waals surface area contributed by atoms with Crippen molar-refractivity contribution in [3.63, 3.8) is 0 Å².